The van der Waals surface area contributed by atoms with E-state index in [1.807, 2.05) is 24.3 Å². The summed E-state index contributed by atoms with van der Waals surface area (Å²) in [4.78, 5) is 14.5. The maximum atomic E-state index is 12.1. The highest BCUT2D eigenvalue weighted by atomic mass is 16.1. The topological polar surface area (TPSA) is 58.4 Å². The number of nitrogens with one attached hydrogen (secondary N) is 1. The molecule has 1 aromatic carbocycles. The van der Waals surface area contributed by atoms with Crippen LogP contribution in [0.4, 0.5) is 0 Å². The normalized spacial score (nSPS) is 17.4. The lowest BCUT2D eigenvalue weighted by Crippen LogP contribution is -2.44. The van der Waals surface area contributed by atoms with Gasteiger partial charge in [-0.25, -0.2) is 0 Å². The summed E-state index contributed by atoms with van der Waals surface area (Å²) in [5, 5.41) is 3.12. The summed E-state index contributed by atoms with van der Waals surface area (Å²) < 4.78 is 0. The lowest BCUT2D eigenvalue weighted by molar-refractivity contribution is 0.0912. The van der Waals surface area contributed by atoms with E-state index in [1.165, 1.54) is 0 Å². The number of nitrogens with zero attached hydrogens (tertiary/aromatic N) is 1. The summed E-state index contributed by atoms with van der Waals surface area (Å²) >= 11 is 0. The highest BCUT2D eigenvalue weighted by Gasteiger charge is 2.19. The molecule has 1 saturated heterocycles. The smallest absolute Gasteiger partial charge is 0.251 e. The monoisotopic (exact) mass is 261 g/mol. The molecule has 0 radical (unpaired) electrons. The van der Waals surface area contributed by atoms with Gasteiger partial charge in [-0.15, -0.1) is 0 Å². The van der Waals surface area contributed by atoms with Crippen molar-refractivity contribution in [1.82, 2.24) is 10.2 Å². The van der Waals surface area contributed by atoms with Crippen molar-refractivity contribution < 1.29 is 4.79 Å². The molecule has 1 amide bonds. The quantitative estimate of drug-likeness (QED) is 0.860. The van der Waals surface area contributed by atoms with Crippen LogP contribution in [0, 0.1) is 0 Å². The molecule has 0 saturated carbocycles. The van der Waals surface area contributed by atoms with Crippen molar-refractivity contribution in [2.24, 2.45) is 5.73 Å². The Morgan fingerprint density at radius 1 is 1.32 bits per heavy atom. The molecular formula is C15H23N3O. The minimum Gasteiger partial charge on any atom is -0.349 e. The number of rotatable bonds is 4. The lowest BCUT2D eigenvalue weighted by Gasteiger charge is -2.31. The van der Waals surface area contributed by atoms with Crippen LogP contribution in [-0.2, 0) is 6.54 Å². The van der Waals surface area contributed by atoms with E-state index in [-0.39, 0.29) is 5.91 Å². The number of hydrogen-bond donors (Lipinski definition) is 2. The largest absolute Gasteiger partial charge is 0.349 e. The molecule has 0 spiro atoms. The van der Waals surface area contributed by atoms with E-state index in [9.17, 15) is 4.79 Å². The maximum absolute atomic E-state index is 12.1. The highest BCUT2D eigenvalue weighted by molar-refractivity contribution is 5.94. The summed E-state index contributed by atoms with van der Waals surface area (Å²) in [6.45, 7) is 5.94. The number of carbonyl (C=O) groups excluding carboxylic acids is 1. The predicted octanol–water partition coefficient (Wildman–Crippen LogP) is 1.36. The Morgan fingerprint density at radius 3 is 2.47 bits per heavy atom. The van der Waals surface area contributed by atoms with Crippen molar-refractivity contribution in [3.63, 3.8) is 0 Å². The third-order valence-electron chi connectivity index (χ3n) is 3.82. The van der Waals surface area contributed by atoms with Crippen LogP contribution in [-0.4, -0.2) is 36.5 Å². The van der Waals surface area contributed by atoms with Gasteiger partial charge in [-0.05, 0) is 37.1 Å². The van der Waals surface area contributed by atoms with Gasteiger partial charge in [-0.2, -0.15) is 0 Å². The van der Waals surface area contributed by atoms with Crippen molar-refractivity contribution in [3.8, 4) is 0 Å². The zero-order valence-electron chi connectivity index (χ0n) is 11.6. The van der Waals surface area contributed by atoms with Crippen molar-refractivity contribution in [2.75, 3.05) is 19.6 Å². The van der Waals surface area contributed by atoms with E-state index in [0.29, 0.717) is 12.6 Å². The third kappa shape index (κ3) is 3.78. The van der Waals surface area contributed by atoms with Gasteiger partial charge in [0.05, 0.1) is 0 Å². The second-order valence-corrected chi connectivity index (χ2v) is 5.08. The van der Waals surface area contributed by atoms with Crippen molar-refractivity contribution in [1.29, 1.82) is 0 Å². The van der Waals surface area contributed by atoms with Gasteiger partial charge in [0.25, 0.3) is 5.91 Å². The van der Waals surface area contributed by atoms with E-state index in [0.717, 1.165) is 43.6 Å². The first kappa shape index (κ1) is 14.0. The average Bonchev–Trinajstić information content (AvgIpc) is 2.48. The van der Waals surface area contributed by atoms with E-state index in [4.69, 9.17) is 5.73 Å². The molecular weight excluding hydrogens is 238 g/mol. The van der Waals surface area contributed by atoms with Gasteiger partial charge in [0.15, 0.2) is 0 Å². The van der Waals surface area contributed by atoms with Gasteiger partial charge in [0.2, 0.25) is 0 Å². The van der Waals surface area contributed by atoms with E-state index < -0.39 is 0 Å². The van der Waals surface area contributed by atoms with Crippen LogP contribution in [0.1, 0.15) is 35.7 Å². The Hall–Kier alpha value is -1.39. The Kier molecular flexibility index (Phi) is 4.93. The molecule has 1 fully saturated rings. The molecule has 4 heteroatoms. The van der Waals surface area contributed by atoms with Crippen LogP contribution < -0.4 is 11.1 Å². The van der Waals surface area contributed by atoms with E-state index >= 15 is 0 Å². The van der Waals surface area contributed by atoms with Gasteiger partial charge >= 0.3 is 0 Å². The van der Waals surface area contributed by atoms with Gasteiger partial charge in [-0.1, -0.05) is 19.1 Å². The second kappa shape index (κ2) is 6.68. The molecule has 1 aliphatic heterocycles. The van der Waals surface area contributed by atoms with Crippen LogP contribution >= 0.6 is 0 Å². The first-order chi connectivity index (χ1) is 9.22. The highest BCUT2D eigenvalue weighted by Crippen LogP contribution is 2.11. The predicted molar refractivity (Wildman–Crippen MR) is 76.9 cm³/mol. The number of amides is 1. The maximum Gasteiger partial charge on any atom is 0.251 e. The van der Waals surface area contributed by atoms with Crippen molar-refractivity contribution >= 4 is 5.91 Å². The number of hydrogen-bond acceptors (Lipinski definition) is 3. The van der Waals surface area contributed by atoms with E-state index in [2.05, 4.69) is 17.1 Å². The van der Waals surface area contributed by atoms with Crippen LogP contribution in [0.25, 0.3) is 0 Å². The number of piperidine rings is 1. The first-order valence-corrected chi connectivity index (χ1v) is 7.05. The Labute approximate surface area is 115 Å². The zero-order valence-corrected chi connectivity index (χ0v) is 11.6. The van der Waals surface area contributed by atoms with Gasteiger partial charge in [-0.3, -0.25) is 4.79 Å². The molecule has 1 aromatic rings. The fraction of sp³-hybridized carbons (Fsp3) is 0.533. The standard InChI is InChI=1S/C15H23N3O/c1-2-18-9-7-14(8-10-18)17-15(19)13-5-3-12(11-16)4-6-13/h3-6,14H,2,7-11,16H2,1H3,(H,17,19). The SMILES string of the molecule is CCN1CCC(NC(=O)c2ccc(CN)cc2)CC1. The molecule has 0 aliphatic carbocycles. The molecule has 19 heavy (non-hydrogen) atoms. The molecule has 104 valence electrons. The van der Waals surface area contributed by atoms with Crippen LogP contribution in [0.15, 0.2) is 24.3 Å². The minimum atomic E-state index is 0.0264. The summed E-state index contributed by atoms with van der Waals surface area (Å²) in [6, 6.07) is 7.82. The third-order valence-corrected chi connectivity index (χ3v) is 3.82. The van der Waals surface area contributed by atoms with Gasteiger partial charge < -0.3 is 16.0 Å². The van der Waals surface area contributed by atoms with Crippen LogP contribution in [0.5, 0.6) is 0 Å². The Bertz CT molecular complexity index is 408. The molecule has 1 heterocycles. The molecule has 1 aliphatic rings. The summed E-state index contributed by atoms with van der Waals surface area (Å²) in [6.07, 6.45) is 2.08. The summed E-state index contributed by atoms with van der Waals surface area (Å²) in [5.41, 5.74) is 7.31. The molecule has 4 nitrogen and oxygen atoms in total. The second-order valence-electron chi connectivity index (χ2n) is 5.08. The fourth-order valence-corrected chi connectivity index (χ4v) is 2.45. The number of benzene rings is 1. The molecule has 0 aromatic heterocycles. The van der Waals surface area contributed by atoms with Crippen LogP contribution in [0.2, 0.25) is 0 Å². The first-order valence-electron chi connectivity index (χ1n) is 7.05. The lowest BCUT2D eigenvalue weighted by atomic mass is 10.0. The number of likely N-dealkylation sites (tertiary alicyclic amines) is 1. The molecule has 3 N–H and O–H groups in total. The molecule has 0 bridgehead atoms. The number of carbonyl (C=O) groups is 1. The van der Waals surface area contributed by atoms with Gasteiger partial charge in [0, 0.05) is 31.2 Å². The van der Waals surface area contributed by atoms with Crippen molar-refractivity contribution in [3.05, 3.63) is 35.4 Å². The molecule has 2 rings (SSSR count). The number of nitrogens with two attached hydrogens (primary N) is 1. The molecule has 0 unspecified atom stereocenters. The Balaban J connectivity index is 1.87. The zero-order chi connectivity index (χ0) is 13.7. The van der Waals surface area contributed by atoms with E-state index in [1.54, 1.807) is 0 Å². The fourth-order valence-electron chi connectivity index (χ4n) is 2.45. The van der Waals surface area contributed by atoms with Crippen molar-refractivity contribution in [2.45, 2.75) is 32.4 Å². The average molecular weight is 261 g/mol. The van der Waals surface area contributed by atoms with Gasteiger partial charge in [0.1, 0.15) is 0 Å². The molecule has 0 atom stereocenters. The minimum absolute atomic E-state index is 0.0264. The summed E-state index contributed by atoms with van der Waals surface area (Å²) in [7, 11) is 0. The summed E-state index contributed by atoms with van der Waals surface area (Å²) in [5.74, 6) is 0.0264. The Morgan fingerprint density at radius 2 is 1.95 bits per heavy atom. The van der Waals surface area contributed by atoms with Crippen LogP contribution in [0.3, 0.4) is 0 Å².